The van der Waals surface area contributed by atoms with Gasteiger partial charge in [-0.25, -0.2) is 4.39 Å². The molecule has 0 unspecified atom stereocenters. The Labute approximate surface area is 174 Å². The lowest BCUT2D eigenvalue weighted by Crippen LogP contribution is -2.45. The number of alkyl halides is 1. The molecule has 0 aromatic carbocycles. The summed E-state index contributed by atoms with van der Waals surface area (Å²) in [6.07, 6.45) is 2.34. The van der Waals surface area contributed by atoms with Crippen LogP contribution in [0.2, 0.25) is 0 Å². The smallest absolute Gasteiger partial charge is 0.264 e. The lowest BCUT2D eigenvalue weighted by molar-refractivity contribution is 0.0745. The maximum absolute atomic E-state index is 15.9. The molecular formula is C19H20BrFN4O2S. The maximum Gasteiger partial charge on any atom is 0.264 e. The molecule has 0 bridgehead atoms. The molecule has 1 aliphatic carbocycles. The average molecular weight is 467 g/mol. The van der Waals surface area contributed by atoms with Gasteiger partial charge in [0.2, 0.25) is 0 Å². The van der Waals surface area contributed by atoms with Crippen molar-refractivity contribution < 1.29 is 13.9 Å². The van der Waals surface area contributed by atoms with Crippen LogP contribution in [0.5, 0.6) is 0 Å². The van der Waals surface area contributed by atoms with Crippen LogP contribution in [0.3, 0.4) is 0 Å². The van der Waals surface area contributed by atoms with Gasteiger partial charge in [-0.2, -0.15) is 0 Å². The Kier molecular flexibility index (Phi) is 4.64. The molecule has 9 heteroatoms. The highest BCUT2D eigenvalue weighted by atomic mass is 79.9. The highest BCUT2D eigenvalue weighted by molar-refractivity contribution is 9.10. The lowest BCUT2D eigenvalue weighted by Gasteiger charge is -2.28. The Hall–Kier alpha value is -1.58. The number of aromatic nitrogens is 2. The number of halogens is 2. The monoisotopic (exact) mass is 466 g/mol. The first-order valence-electron chi connectivity index (χ1n) is 9.46. The summed E-state index contributed by atoms with van der Waals surface area (Å²) in [6.45, 7) is 1.86. The highest BCUT2D eigenvalue weighted by Crippen LogP contribution is 2.46. The van der Waals surface area contributed by atoms with E-state index in [-0.39, 0.29) is 24.4 Å². The second kappa shape index (κ2) is 7.03. The van der Waals surface area contributed by atoms with Crippen LogP contribution in [-0.2, 0) is 17.8 Å². The minimum absolute atomic E-state index is 0.0620. The molecule has 5 rings (SSSR count). The van der Waals surface area contributed by atoms with Gasteiger partial charge in [0.15, 0.2) is 5.67 Å². The van der Waals surface area contributed by atoms with Gasteiger partial charge >= 0.3 is 0 Å². The fourth-order valence-corrected chi connectivity index (χ4v) is 5.89. The highest BCUT2D eigenvalue weighted by Gasteiger charge is 2.57. The number of anilines is 1. The number of carbonyl (C=O) groups is 1. The molecule has 4 heterocycles. The molecule has 3 aliphatic rings. The van der Waals surface area contributed by atoms with Crippen molar-refractivity contribution in [3.8, 4) is 0 Å². The number of thiophene rings is 1. The van der Waals surface area contributed by atoms with Crippen molar-refractivity contribution in [2.75, 3.05) is 25.0 Å². The van der Waals surface area contributed by atoms with E-state index in [4.69, 9.17) is 4.74 Å². The summed E-state index contributed by atoms with van der Waals surface area (Å²) in [6, 6.07) is 5.12. The first kappa shape index (κ1) is 18.4. The van der Waals surface area contributed by atoms with Gasteiger partial charge in [0.1, 0.15) is 10.4 Å². The molecule has 3 atom stereocenters. The Bertz CT molecular complexity index is 884. The van der Waals surface area contributed by atoms with Crippen LogP contribution in [0.4, 0.5) is 10.2 Å². The summed E-state index contributed by atoms with van der Waals surface area (Å²) in [5, 5.41) is 11.2. The van der Waals surface area contributed by atoms with Crippen molar-refractivity contribution >= 4 is 39.0 Å². The lowest BCUT2D eigenvalue weighted by atomic mass is 9.94. The SMILES string of the molecule is O=C(c1cc2c(s1)CCOC2)N1C[C@@H]2CC[C@@H](Nc3ccc(Br)nn3)[C@]2(F)C1. The third-order valence-corrected chi connectivity index (χ3v) is 7.66. The molecule has 28 heavy (non-hydrogen) atoms. The standard InChI is InChI=1S/C19H20BrFN4O2S/c20-16-3-4-17(24-23-16)22-15-2-1-12-8-25(10-19(12,15)21)18(26)14-7-11-9-27-6-5-13(11)28-14/h3-4,7,12,15H,1-2,5-6,8-10H2,(H,22,24)/t12-,15+,19-/m0/s1. The Morgan fingerprint density at radius 1 is 1.39 bits per heavy atom. The van der Waals surface area contributed by atoms with Crippen molar-refractivity contribution in [2.45, 2.75) is 37.6 Å². The van der Waals surface area contributed by atoms with Crippen LogP contribution in [0.15, 0.2) is 22.8 Å². The van der Waals surface area contributed by atoms with Crippen LogP contribution in [0.25, 0.3) is 0 Å². The van der Waals surface area contributed by atoms with E-state index in [1.165, 1.54) is 16.2 Å². The molecule has 2 fully saturated rings. The number of ether oxygens (including phenoxy) is 1. The van der Waals surface area contributed by atoms with Gasteiger partial charge in [-0.1, -0.05) is 0 Å². The quantitative estimate of drug-likeness (QED) is 0.750. The maximum atomic E-state index is 15.9. The summed E-state index contributed by atoms with van der Waals surface area (Å²) in [7, 11) is 0. The predicted octanol–water partition coefficient (Wildman–Crippen LogP) is 3.43. The van der Waals surface area contributed by atoms with Gasteiger partial charge in [-0.3, -0.25) is 4.79 Å². The number of carbonyl (C=O) groups excluding carboxylic acids is 1. The second-order valence-corrected chi connectivity index (χ2v) is 9.64. The number of likely N-dealkylation sites (tertiary alicyclic amines) is 1. The van der Waals surface area contributed by atoms with Crippen molar-refractivity contribution in [3.63, 3.8) is 0 Å². The third-order valence-electron chi connectivity index (χ3n) is 6.02. The van der Waals surface area contributed by atoms with E-state index in [1.54, 1.807) is 17.0 Å². The van der Waals surface area contributed by atoms with Crippen LogP contribution < -0.4 is 5.32 Å². The summed E-state index contributed by atoms with van der Waals surface area (Å²) in [5.74, 6) is 0.352. The first-order chi connectivity index (χ1) is 13.5. The number of hydrogen-bond donors (Lipinski definition) is 1. The number of hydrogen-bond acceptors (Lipinski definition) is 6. The molecule has 6 nitrogen and oxygen atoms in total. The summed E-state index contributed by atoms with van der Waals surface area (Å²) >= 11 is 4.78. The zero-order valence-electron chi connectivity index (χ0n) is 15.2. The summed E-state index contributed by atoms with van der Waals surface area (Å²) < 4.78 is 22.1. The zero-order valence-corrected chi connectivity index (χ0v) is 17.6. The number of nitrogens with one attached hydrogen (secondary N) is 1. The first-order valence-corrected chi connectivity index (χ1v) is 11.1. The fourth-order valence-electron chi connectivity index (χ4n) is 4.56. The van der Waals surface area contributed by atoms with E-state index in [2.05, 4.69) is 31.4 Å². The van der Waals surface area contributed by atoms with Crippen molar-refractivity contribution in [1.29, 1.82) is 0 Å². The van der Waals surface area contributed by atoms with E-state index < -0.39 is 5.67 Å². The number of fused-ring (bicyclic) bond motifs is 2. The fraction of sp³-hybridized carbons (Fsp3) is 0.526. The molecule has 1 saturated carbocycles. The van der Waals surface area contributed by atoms with E-state index in [0.29, 0.717) is 35.1 Å². The van der Waals surface area contributed by atoms with Crippen molar-refractivity contribution in [3.05, 3.63) is 38.1 Å². The molecule has 1 N–H and O–H groups in total. The number of amides is 1. The van der Waals surface area contributed by atoms with Gasteiger partial charge in [0.05, 0.1) is 30.7 Å². The zero-order chi connectivity index (χ0) is 19.3. The van der Waals surface area contributed by atoms with Gasteiger partial charge < -0.3 is 15.0 Å². The number of nitrogens with zero attached hydrogens (tertiary/aromatic N) is 3. The van der Waals surface area contributed by atoms with E-state index in [1.807, 2.05) is 6.07 Å². The molecule has 0 radical (unpaired) electrons. The van der Waals surface area contributed by atoms with E-state index >= 15 is 4.39 Å². The summed E-state index contributed by atoms with van der Waals surface area (Å²) in [4.78, 5) is 16.6. The third kappa shape index (κ3) is 3.13. The predicted molar refractivity (Wildman–Crippen MR) is 107 cm³/mol. The van der Waals surface area contributed by atoms with Crippen LogP contribution >= 0.6 is 27.3 Å². The van der Waals surface area contributed by atoms with Crippen LogP contribution in [-0.4, -0.2) is 52.4 Å². The minimum atomic E-state index is -1.44. The van der Waals surface area contributed by atoms with Gasteiger partial charge in [0.25, 0.3) is 5.91 Å². The van der Waals surface area contributed by atoms with Crippen molar-refractivity contribution in [2.24, 2.45) is 5.92 Å². The van der Waals surface area contributed by atoms with Gasteiger partial charge in [0, 0.05) is 23.8 Å². The Balaban J connectivity index is 1.31. The Morgan fingerprint density at radius 2 is 2.29 bits per heavy atom. The molecule has 0 spiro atoms. The van der Waals surface area contributed by atoms with Crippen LogP contribution in [0.1, 0.15) is 33.0 Å². The molecule has 2 aliphatic heterocycles. The van der Waals surface area contributed by atoms with E-state index in [9.17, 15) is 4.79 Å². The molecule has 2 aromatic rings. The topological polar surface area (TPSA) is 67.3 Å². The molecular weight excluding hydrogens is 447 g/mol. The largest absolute Gasteiger partial charge is 0.376 e. The molecule has 1 amide bonds. The second-order valence-electron chi connectivity index (χ2n) is 7.69. The molecule has 148 valence electrons. The van der Waals surface area contributed by atoms with Gasteiger partial charge in [-0.05, 0) is 52.5 Å². The van der Waals surface area contributed by atoms with Crippen molar-refractivity contribution in [1.82, 2.24) is 15.1 Å². The van der Waals surface area contributed by atoms with Gasteiger partial charge in [-0.15, -0.1) is 21.5 Å². The molecule has 2 aromatic heterocycles. The molecule has 1 saturated heterocycles. The normalized spacial score (nSPS) is 28.9. The average Bonchev–Trinajstić information content (AvgIpc) is 3.35. The van der Waals surface area contributed by atoms with E-state index in [0.717, 1.165) is 24.8 Å². The van der Waals surface area contributed by atoms with Crippen LogP contribution in [0, 0.1) is 5.92 Å². The summed E-state index contributed by atoms with van der Waals surface area (Å²) in [5.41, 5.74) is -0.341. The Morgan fingerprint density at radius 3 is 3.07 bits per heavy atom. The minimum Gasteiger partial charge on any atom is -0.376 e. The number of rotatable bonds is 3.